The van der Waals surface area contributed by atoms with Crippen LogP contribution in [0.1, 0.15) is 29.6 Å². The van der Waals surface area contributed by atoms with E-state index in [1.165, 1.54) is 22.2 Å². The predicted molar refractivity (Wildman–Crippen MR) is 105 cm³/mol. The molecule has 4 aromatic rings. The van der Waals surface area contributed by atoms with Crippen LogP contribution >= 0.6 is 11.3 Å². The second-order valence-electron chi connectivity index (χ2n) is 7.01. The highest BCUT2D eigenvalue weighted by Gasteiger charge is 2.23. The summed E-state index contributed by atoms with van der Waals surface area (Å²) in [5.41, 5.74) is 2.29. The lowest BCUT2D eigenvalue weighted by Crippen LogP contribution is -2.08. The average Bonchev–Trinajstić information content (AvgIpc) is 3.26. The highest BCUT2D eigenvalue weighted by Crippen LogP contribution is 2.38. The van der Waals surface area contributed by atoms with Gasteiger partial charge in [-0.25, -0.2) is 14.5 Å². The first-order valence-corrected chi connectivity index (χ1v) is 9.95. The number of methoxy groups -OCH3 is 1. The van der Waals surface area contributed by atoms with Crippen LogP contribution in [0.3, 0.4) is 0 Å². The van der Waals surface area contributed by atoms with Crippen molar-refractivity contribution < 1.29 is 9.47 Å². The minimum absolute atomic E-state index is 0.285. The van der Waals surface area contributed by atoms with Crippen LogP contribution in [-0.2, 0) is 19.4 Å². The van der Waals surface area contributed by atoms with Crippen molar-refractivity contribution in [2.75, 3.05) is 7.11 Å². The van der Waals surface area contributed by atoms with Crippen molar-refractivity contribution in [3.8, 4) is 11.5 Å². The molecule has 3 aromatic heterocycles. The number of hydrogen-bond acceptors (Lipinski definition) is 6. The molecule has 0 amide bonds. The fraction of sp³-hybridized carbons (Fsp3) is 0.350. The van der Waals surface area contributed by atoms with Gasteiger partial charge in [-0.15, -0.1) is 16.4 Å². The average molecular weight is 380 g/mol. The summed E-state index contributed by atoms with van der Waals surface area (Å²) in [5.74, 6) is 2.76. The lowest BCUT2D eigenvalue weighted by Gasteiger charge is -2.17. The van der Waals surface area contributed by atoms with Crippen LogP contribution in [0.15, 0.2) is 30.6 Å². The Morgan fingerprint density at radius 2 is 2.11 bits per heavy atom. The number of rotatable bonds is 4. The molecule has 5 rings (SSSR count). The fourth-order valence-corrected chi connectivity index (χ4v) is 5.07. The largest absolute Gasteiger partial charge is 0.493 e. The molecule has 0 radical (unpaired) electrons. The van der Waals surface area contributed by atoms with Gasteiger partial charge >= 0.3 is 0 Å². The van der Waals surface area contributed by atoms with Gasteiger partial charge in [0.25, 0.3) is 0 Å². The SMILES string of the molecule is COc1ccccc1OCc1nc2c3c4c(sc3ncn2n1)C[C@H](C)CC4. The predicted octanol–water partition coefficient (Wildman–Crippen LogP) is 4.05. The second kappa shape index (κ2) is 6.49. The van der Waals surface area contributed by atoms with Gasteiger partial charge in [-0.05, 0) is 42.9 Å². The molecule has 0 spiro atoms. The standard InChI is InChI=1S/C20H20N4O2S/c1-12-7-8-13-16(9-12)27-20-18(13)19-22-17(23-24(19)11-21-20)10-26-15-6-4-3-5-14(15)25-2/h3-6,11-12H,7-10H2,1-2H3/t12-/m1/s1. The maximum absolute atomic E-state index is 5.88. The molecule has 0 bridgehead atoms. The molecule has 0 aliphatic heterocycles. The first-order valence-electron chi connectivity index (χ1n) is 9.13. The molecular formula is C20H20N4O2S. The maximum atomic E-state index is 5.88. The van der Waals surface area contributed by atoms with Gasteiger partial charge in [0.05, 0.1) is 12.5 Å². The van der Waals surface area contributed by atoms with Gasteiger partial charge in [-0.1, -0.05) is 19.1 Å². The van der Waals surface area contributed by atoms with Crippen LogP contribution in [0.4, 0.5) is 0 Å². The van der Waals surface area contributed by atoms with Crippen LogP contribution in [0.25, 0.3) is 15.9 Å². The van der Waals surface area contributed by atoms with Gasteiger partial charge in [-0.2, -0.15) is 0 Å². The lowest BCUT2D eigenvalue weighted by molar-refractivity contribution is 0.276. The van der Waals surface area contributed by atoms with Gasteiger partial charge in [0.1, 0.15) is 17.8 Å². The van der Waals surface area contributed by atoms with E-state index in [9.17, 15) is 0 Å². The monoisotopic (exact) mass is 380 g/mol. The van der Waals surface area contributed by atoms with Crippen LogP contribution in [0.2, 0.25) is 0 Å². The highest BCUT2D eigenvalue weighted by molar-refractivity contribution is 7.19. The van der Waals surface area contributed by atoms with E-state index in [0.717, 1.165) is 29.2 Å². The molecule has 1 aliphatic carbocycles. The summed E-state index contributed by atoms with van der Waals surface area (Å²) in [4.78, 5) is 11.9. The molecule has 6 nitrogen and oxygen atoms in total. The van der Waals surface area contributed by atoms with E-state index in [2.05, 4.69) is 17.0 Å². The Labute approximate surface area is 160 Å². The number of aromatic nitrogens is 4. The molecule has 138 valence electrons. The second-order valence-corrected chi connectivity index (χ2v) is 8.10. The third-order valence-corrected chi connectivity index (χ3v) is 6.26. The topological polar surface area (TPSA) is 61.5 Å². The van der Waals surface area contributed by atoms with Crippen molar-refractivity contribution in [1.29, 1.82) is 0 Å². The number of thiophene rings is 1. The van der Waals surface area contributed by atoms with E-state index in [4.69, 9.17) is 14.5 Å². The Kier molecular flexibility index (Phi) is 3.97. The van der Waals surface area contributed by atoms with Crippen molar-refractivity contribution in [3.05, 3.63) is 46.9 Å². The number of hydrogen-bond donors (Lipinski definition) is 0. The number of benzene rings is 1. The smallest absolute Gasteiger partial charge is 0.189 e. The van der Waals surface area contributed by atoms with Gasteiger partial charge in [0.2, 0.25) is 0 Å². The summed E-state index contributed by atoms with van der Waals surface area (Å²) >= 11 is 1.80. The van der Waals surface area contributed by atoms with E-state index >= 15 is 0 Å². The molecule has 0 unspecified atom stereocenters. The van der Waals surface area contributed by atoms with E-state index in [1.807, 2.05) is 24.3 Å². The molecule has 0 saturated carbocycles. The quantitative estimate of drug-likeness (QED) is 0.534. The van der Waals surface area contributed by atoms with Gasteiger partial charge < -0.3 is 9.47 Å². The van der Waals surface area contributed by atoms with Gasteiger partial charge in [0.15, 0.2) is 23.0 Å². The molecule has 0 fully saturated rings. The molecule has 1 aromatic carbocycles. The fourth-order valence-electron chi connectivity index (χ4n) is 3.73. The molecule has 1 atom stereocenters. The first kappa shape index (κ1) is 16.5. The number of ether oxygens (including phenoxy) is 2. The van der Waals surface area contributed by atoms with Gasteiger partial charge in [0, 0.05) is 4.88 Å². The minimum Gasteiger partial charge on any atom is -0.493 e. The number of nitrogens with zero attached hydrogens (tertiary/aromatic N) is 4. The Morgan fingerprint density at radius 3 is 2.96 bits per heavy atom. The zero-order chi connectivity index (χ0) is 18.4. The molecular weight excluding hydrogens is 360 g/mol. The summed E-state index contributed by atoms with van der Waals surface area (Å²) in [6, 6.07) is 7.59. The molecule has 27 heavy (non-hydrogen) atoms. The van der Waals surface area contributed by atoms with E-state index in [0.29, 0.717) is 17.3 Å². The summed E-state index contributed by atoms with van der Waals surface area (Å²) in [5, 5.41) is 5.73. The Balaban J connectivity index is 1.51. The van der Waals surface area contributed by atoms with E-state index in [1.54, 1.807) is 29.3 Å². The number of para-hydroxylation sites is 2. The summed E-state index contributed by atoms with van der Waals surface area (Å²) in [6.45, 7) is 2.60. The van der Waals surface area contributed by atoms with Gasteiger partial charge in [-0.3, -0.25) is 0 Å². The van der Waals surface area contributed by atoms with Crippen LogP contribution in [0.5, 0.6) is 11.5 Å². The highest BCUT2D eigenvalue weighted by atomic mass is 32.1. The summed E-state index contributed by atoms with van der Waals surface area (Å²) in [6.07, 6.45) is 5.21. The third-order valence-electron chi connectivity index (χ3n) is 5.10. The van der Waals surface area contributed by atoms with E-state index < -0.39 is 0 Å². The first-order chi connectivity index (χ1) is 13.2. The van der Waals surface area contributed by atoms with Crippen molar-refractivity contribution in [2.45, 2.75) is 32.8 Å². The molecule has 0 saturated heterocycles. The Hall–Kier alpha value is -2.67. The van der Waals surface area contributed by atoms with Crippen molar-refractivity contribution in [2.24, 2.45) is 5.92 Å². The molecule has 1 aliphatic rings. The summed E-state index contributed by atoms with van der Waals surface area (Å²) in [7, 11) is 1.63. The number of fused-ring (bicyclic) bond motifs is 5. The normalized spacial score (nSPS) is 16.6. The maximum Gasteiger partial charge on any atom is 0.189 e. The molecule has 0 N–H and O–H groups in total. The van der Waals surface area contributed by atoms with Crippen molar-refractivity contribution in [1.82, 2.24) is 19.6 Å². The summed E-state index contributed by atoms with van der Waals surface area (Å²) < 4.78 is 13.0. The van der Waals surface area contributed by atoms with Crippen LogP contribution in [0, 0.1) is 5.92 Å². The minimum atomic E-state index is 0.285. The third kappa shape index (κ3) is 2.82. The Morgan fingerprint density at radius 1 is 1.26 bits per heavy atom. The van der Waals surface area contributed by atoms with Crippen molar-refractivity contribution in [3.63, 3.8) is 0 Å². The molecule has 3 heterocycles. The Bertz CT molecular complexity index is 1130. The van der Waals surface area contributed by atoms with Crippen LogP contribution < -0.4 is 9.47 Å². The van der Waals surface area contributed by atoms with Crippen LogP contribution in [-0.4, -0.2) is 26.7 Å². The van der Waals surface area contributed by atoms with E-state index in [-0.39, 0.29) is 6.61 Å². The zero-order valence-corrected chi connectivity index (χ0v) is 16.1. The lowest BCUT2D eigenvalue weighted by atomic mass is 9.89. The van der Waals surface area contributed by atoms with Crippen molar-refractivity contribution >= 4 is 27.2 Å². The zero-order valence-electron chi connectivity index (χ0n) is 15.3. The molecule has 7 heteroatoms. The number of aryl methyl sites for hydroxylation is 1.